The van der Waals surface area contributed by atoms with Crippen LogP contribution in [0.4, 0.5) is 0 Å². The van der Waals surface area contributed by atoms with Crippen LogP contribution in [0.2, 0.25) is 0 Å². The van der Waals surface area contributed by atoms with Crippen molar-refractivity contribution in [3.05, 3.63) is 47.5 Å². The van der Waals surface area contributed by atoms with Gasteiger partial charge in [-0.2, -0.15) is 0 Å². The maximum atomic E-state index is 5.63. The number of rotatable bonds is 2. The van der Waals surface area contributed by atoms with Gasteiger partial charge >= 0.3 is 0 Å². The van der Waals surface area contributed by atoms with Crippen molar-refractivity contribution in [2.75, 3.05) is 26.3 Å². The van der Waals surface area contributed by atoms with Crippen molar-refractivity contribution in [1.29, 1.82) is 0 Å². The zero-order chi connectivity index (χ0) is 13.4. The van der Waals surface area contributed by atoms with E-state index in [0.717, 1.165) is 46.8 Å². The van der Waals surface area contributed by atoms with Crippen molar-refractivity contribution in [2.24, 2.45) is 9.98 Å². The molecule has 0 saturated carbocycles. The molecule has 0 fully saturated rings. The zero-order valence-electron chi connectivity index (χ0n) is 11.0. The molecule has 100 valence electrons. The van der Waals surface area contributed by atoms with Crippen LogP contribution in [0, 0.1) is 0 Å². The van der Waals surface area contributed by atoms with Gasteiger partial charge in [0, 0.05) is 11.1 Å². The molecule has 2 heterocycles. The molecule has 0 radical (unpaired) electrons. The Bertz CT molecular complexity index is 734. The summed E-state index contributed by atoms with van der Waals surface area (Å²) in [5.74, 6) is 1.44. The molecule has 0 amide bonds. The van der Waals surface area contributed by atoms with Gasteiger partial charge in [-0.1, -0.05) is 24.3 Å². The third-order valence-electron chi connectivity index (χ3n) is 3.51. The second-order valence-electron chi connectivity index (χ2n) is 4.82. The minimum absolute atomic E-state index is 0.658. The molecule has 0 unspecified atom stereocenters. The lowest BCUT2D eigenvalue weighted by Crippen LogP contribution is -2.07. The van der Waals surface area contributed by atoms with E-state index in [4.69, 9.17) is 9.47 Å². The van der Waals surface area contributed by atoms with Crippen LogP contribution in [0.1, 0.15) is 11.1 Å². The van der Waals surface area contributed by atoms with Gasteiger partial charge in [0.1, 0.15) is 13.2 Å². The first-order valence-electron chi connectivity index (χ1n) is 6.80. The first-order chi connectivity index (χ1) is 9.92. The van der Waals surface area contributed by atoms with Crippen LogP contribution in [0.15, 0.2) is 46.4 Å². The van der Waals surface area contributed by atoms with E-state index in [9.17, 15) is 0 Å². The summed E-state index contributed by atoms with van der Waals surface area (Å²) in [6.45, 7) is 2.78. The van der Waals surface area contributed by atoms with Gasteiger partial charge < -0.3 is 9.47 Å². The van der Waals surface area contributed by atoms with E-state index in [1.54, 1.807) is 0 Å². The Morgan fingerprint density at radius 1 is 0.850 bits per heavy atom. The Hall–Kier alpha value is -2.36. The number of nitrogens with zero attached hydrogens (tertiary/aromatic N) is 2. The lowest BCUT2D eigenvalue weighted by Gasteiger charge is -2.10. The quantitative estimate of drug-likeness (QED) is 0.837. The number of ether oxygens (including phenoxy) is 2. The SMILES string of the molecule is c1ccc2c(C3=NCCO3)cc(C3=NCCO3)cc2c1. The maximum absolute atomic E-state index is 5.63. The zero-order valence-corrected chi connectivity index (χ0v) is 11.0. The Labute approximate surface area is 116 Å². The van der Waals surface area contributed by atoms with Crippen molar-refractivity contribution in [3.8, 4) is 0 Å². The van der Waals surface area contributed by atoms with Gasteiger partial charge in [-0.25, -0.2) is 9.98 Å². The third-order valence-corrected chi connectivity index (χ3v) is 3.51. The summed E-state index contributed by atoms with van der Waals surface area (Å²) in [5, 5.41) is 2.30. The molecule has 4 heteroatoms. The molecular weight excluding hydrogens is 252 g/mol. The number of aliphatic imine (C=N–C) groups is 2. The van der Waals surface area contributed by atoms with Crippen molar-refractivity contribution in [1.82, 2.24) is 0 Å². The van der Waals surface area contributed by atoms with Gasteiger partial charge in [0.2, 0.25) is 11.8 Å². The number of fused-ring (bicyclic) bond motifs is 1. The van der Waals surface area contributed by atoms with E-state index in [1.165, 1.54) is 0 Å². The molecule has 20 heavy (non-hydrogen) atoms. The van der Waals surface area contributed by atoms with Gasteiger partial charge in [0.05, 0.1) is 13.1 Å². The summed E-state index contributed by atoms with van der Waals surface area (Å²) in [6, 6.07) is 12.4. The normalized spacial score (nSPS) is 17.6. The molecule has 2 aromatic rings. The van der Waals surface area contributed by atoms with Crippen LogP contribution in [0.25, 0.3) is 10.8 Å². The standard InChI is InChI=1S/C16H14N2O2/c1-2-4-13-11(3-1)9-12(15-17-5-7-19-15)10-14(13)16-18-6-8-20-16/h1-4,9-10H,5-8H2. The molecule has 0 spiro atoms. The highest BCUT2D eigenvalue weighted by Gasteiger charge is 2.18. The summed E-state index contributed by atoms with van der Waals surface area (Å²) in [4.78, 5) is 8.83. The minimum atomic E-state index is 0.658. The monoisotopic (exact) mass is 266 g/mol. The Balaban J connectivity index is 1.94. The molecule has 0 aliphatic carbocycles. The van der Waals surface area contributed by atoms with Crippen LogP contribution in [-0.2, 0) is 9.47 Å². The lowest BCUT2D eigenvalue weighted by molar-refractivity contribution is 0.347. The summed E-state index contributed by atoms with van der Waals surface area (Å²) in [6.07, 6.45) is 0. The number of hydrogen-bond acceptors (Lipinski definition) is 4. The average molecular weight is 266 g/mol. The summed E-state index contributed by atoms with van der Waals surface area (Å²) in [5.41, 5.74) is 2.02. The molecular formula is C16H14N2O2. The van der Waals surface area contributed by atoms with Gasteiger partial charge in [-0.3, -0.25) is 0 Å². The molecule has 2 aliphatic rings. The van der Waals surface area contributed by atoms with Crippen LogP contribution in [0.5, 0.6) is 0 Å². The van der Waals surface area contributed by atoms with Crippen LogP contribution in [-0.4, -0.2) is 38.1 Å². The van der Waals surface area contributed by atoms with E-state index in [2.05, 4.69) is 34.3 Å². The highest BCUT2D eigenvalue weighted by atomic mass is 16.5. The summed E-state index contributed by atoms with van der Waals surface area (Å²) >= 11 is 0. The first kappa shape index (κ1) is 11.5. The van der Waals surface area contributed by atoms with Crippen molar-refractivity contribution in [3.63, 3.8) is 0 Å². The summed E-state index contributed by atoms with van der Waals surface area (Å²) < 4.78 is 11.2. The molecule has 0 bridgehead atoms. The van der Waals surface area contributed by atoms with Gasteiger partial charge in [0.25, 0.3) is 0 Å². The van der Waals surface area contributed by atoms with Crippen molar-refractivity contribution >= 4 is 22.6 Å². The van der Waals surface area contributed by atoms with Crippen LogP contribution >= 0.6 is 0 Å². The van der Waals surface area contributed by atoms with Crippen LogP contribution < -0.4 is 0 Å². The fourth-order valence-corrected chi connectivity index (χ4v) is 2.62. The predicted molar refractivity (Wildman–Crippen MR) is 78.7 cm³/mol. The van der Waals surface area contributed by atoms with Gasteiger partial charge in [-0.05, 0) is 22.9 Å². The first-order valence-corrected chi connectivity index (χ1v) is 6.80. The van der Waals surface area contributed by atoms with E-state index in [0.29, 0.717) is 13.2 Å². The second kappa shape index (κ2) is 4.63. The Kier molecular flexibility index (Phi) is 2.66. The topological polar surface area (TPSA) is 43.2 Å². The highest BCUT2D eigenvalue weighted by molar-refractivity contribution is 6.11. The molecule has 0 N–H and O–H groups in total. The fourth-order valence-electron chi connectivity index (χ4n) is 2.62. The largest absolute Gasteiger partial charge is 0.476 e. The molecule has 0 atom stereocenters. The van der Waals surface area contributed by atoms with Crippen molar-refractivity contribution < 1.29 is 9.47 Å². The highest BCUT2D eigenvalue weighted by Crippen LogP contribution is 2.24. The number of hydrogen-bond donors (Lipinski definition) is 0. The molecule has 0 saturated heterocycles. The van der Waals surface area contributed by atoms with E-state index >= 15 is 0 Å². The second-order valence-corrected chi connectivity index (χ2v) is 4.82. The smallest absolute Gasteiger partial charge is 0.216 e. The Morgan fingerprint density at radius 2 is 1.60 bits per heavy atom. The van der Waals surface area contributed by atoms with E-state index < -0.39 is 0 Å². The molecule has 2 aromatic carbocycles. The fraction of sp³-hybridized carbons (Fsp3) is 0.250. The summed E-state index contributed by atoms with van der Waals surface area (Å²) in [7, 11) is 0. The molecule has 0 aromatic heterocycles. The predicted octanol–water partition coefficient (Wildman–Crippen LogP) is 2.39. The van der Waals surface area contributed by atoms with Gasteiger partial charge in [-0.15, -0.1) is 0 Å². The lowest BCUT2D eigenvalue weighted by atomic mass is 10.0. The number of benzene rings is 2. The van der Waals surface area contributed by atoms with E-state index in [1.807, 2.05) is 12.1 Å². The minimum Gasteiger partial charge on any atom is -0.476 e. The average Bonchev–Trinajstić information content (AvgIpc) is 3.19. The third kappa shape index (κ3) is 1.84. The Morgan fingerprint density at radius 3 is 2.35 bits per heavy atom. The van der Waals surface area contributed by atoms with Crippen molar-refractivity contribution in [2.45, 2.75) is 0 Å². The maximum Gasteiger partial charge on any atom is 0.216 e. The molecule has 4 nitrogen and oxygen atoms in total. The van der Waals surface area contributed by atoms with Gasteiger partial charge in [0.15, 0.2) is 0 Å². The molecule has 2 aliphatic heterocycles. The van der Waals surface area contributed by atoms with Crippen LogP contribution in [0.3, 0.4) is 0 Å². The molecule has 4 rings (SSSR count). The van der Waals surface area contributed by atoms with E-state index in [-0.39, 0.29) is 0 Å².